The number of aliphatic imine (C=N–C) groups is 1. The predicted octanol–water partition coefficient (Wildman–Crippen LogP) is 2.08. The van der Waals surface area contributed by atoms with Gasteiger partial charge in [0.1, 0.15) is 0 Å². The normalized spacial score (nSPS) is 11.6. The number of nitro benzene ring substituents is 1. The summed E-state index contributed by atoms with van der Waals surface area (Å²) >= 11 is 0. The van der Waals surface area contributed by atoms with Crippen LogP contribution in [-0.2, 0) is 6.42 Å². The molecule has 0 aliphatic heterocycles. The van der Waals surface area contributed by atoms with Gasteiger partial charge in [0, 0.05) is 18.7 Å². The number of nitro groups is 1. The highest BCUT2D eigenvalue weighted by atomic mass is 16.6. The number of hydrogen-bond donors (Lipinski definition) is 2. The molecule has 7 nitrogen and oxygen atoms in total. The van der Waals surface area contributed by atoms with Crippen LogP contribution in [0.5, 0.6) is 0 Å². The van der Waals surface area contributed by atoms with Crippen LogP contribution in [-0.4, -0.2) is 23.6 Å². The number of benzene rings is 2. The molecule has 0 amide bonds. The van der Waals surface area contributed by atoms with Gasteiger partial charge >= 0.3 is 0 Å². The third-order valence-electron chi connectivity index (χ3n) is 3.02. The quantitative estimate of drug-likeness (QED) is 0.368. The van der Waals surface area contributed by atoms with Gasteiger partial charge in [-0.25, -0.2) is 5.43 Å². The fourth-order valence-electron chi connectivity index (χ4n) is 1.84. The van der Waals surface area contributed by atoms with Crippen molar-refractivity contribution in [3.05, 3.63) is 75.8 Å². The van der Waals surface area contributed by atoms with E-state index in [-0.39, 0.29) is 11.6 Å². The number of nitrogens with one attached hydrogen (secondary N) is 1. The minimum absolute atomic E-state index is 0.0390. The number of nitrogens with two attached hydrogens (primary N) is 1. The maximum atomic E-state index is 10.5. The number of hydrogen-bond acceptors (Lipinski definition) is 4. The van der Waals surface area contributed by atoms with Crippen molar-refractivity contribution in [2.45, 2.75) is 6.42 Å². The SMILES string of the molecule is NC(=NCCc1ccccc1)NN=Cc1ccc([N+](=O)[O-])cc1. The smallest absolute Gasteiger partial charge is 0.269 e. The number of rotatable bonds is 6. The van der Waals surface area contributed by atoms with Crippen LogP contribution >= 0.6 is 0 Å². The Hall–Kier alpha value is -3.22. The summed E-state index contributed by atoms with van der Waals surface area (Å²) in [5.74, 6) is 0.221. The van der Waals surface area contributed by atoms with E-state index in [4.69, 9.17) is 5.73 Å². The van der Waals surface area contributed by atoms with Crippen LogP contribution < -0.4 is 11.2 Å². The Bertz CT molecular complexity index is 696. The summed E-state index contributed by atoms with van der Waals surface area (Å²) in [6.45, 7) is 0.565. The summed E-state index contributed by atoms with van der Waals surface area (Å²) in [5.41, 5.74) is 10.3. The van der Waals surface area contributed by atoms with E-state index in [0.29, 0.717) is 6.54 Å². The summed E-state index contributed by atoms with van der Waals surface area (Å²) in [4.78, 5) is 14.3. The first-order valence-corrected chi connectivity index (χ1v) is 7.02. The third-order valence-corrected chi connectivity index (χ3v) is 3.02. The molecule has 0 spiro atoms. The van der Waals surface area contributed by atoms with Crippen LogP contribution in [0.2, 0.25) is 0 Å². The van der Waals surface area contributed by atoms with Crippen molar-refractivity contribution < 1.29 is 4.92 Å². The fourth-order valence-corrected chi connectivity index (χ4v) is 1.84. The maximum absolute atomic E-state index is 10.5. The van der Waals surface area contributed by atoms with Crippen LogP contribution in [0.1, 0.15) is 11.1 Å². The molecule has 7 heteroatoms. The molecule has 2 aromatic rings. The van der Waals surface area contributed by atoms with Gasteiger partial charge in [-0.2, -0.15) is 5.10 Å². The molecular formula is C16H17N5O2. The molecule has 0 bridgehead atoms. The zero-order valence-electron chi connectivity index (χ0n) is 12.4. The van der Waals surface area contributed by atoms with Gasteiger partial charge in [-0.05, 0) is 29.7 Å². The molecular weight excluding hydrogens is 294 g/mol. The van der Waals surface area contributed by atoms with Crippen LogP contribution in [0, 0.1) is 10.1 Å². The molecule has 0 saturated carbocycles. The van der Waals surface area contributed by atoms with E-state index < -0.39 is 4.92 Å². The molecule has 2 rings (SSSR count). The van der Waals surface area contributed by atoms with Gasteiger partial charge in [0.2, 0.25) is 5.96 Å². The summed E-state index contributed by atoms with van der Waals surface area (Å²) in [6.07, 6.45) is 2.32. The topological polar surface area (TPSA) is 106 Å². The highest BCUT2D eigenvalue weighted by Gasteiger charge is 2.02. The molecule has 0 unspecified atom stereocenters. The van der Waals surface area contributed by atoms with E-state index in [1.54, 1.807) is 12.1 Å². The molecule has 3 N–H and O–H groups in total. The van der Waals surface area contributed by atoms with Crippen LogP contribution in [0.4, 0.5) is 5.69 Å². The molecule has 0 radical (unpaired) electrons. The third kappa shape index (κ3) is 5.58. The van der Waals surface area contributed by atoms with Gasteiger partial charge in [-0.3, -0.25) is 15.1 Å². The Balaban J connectivity index is 1.79. The fraction of sp³-hybridized carbons (Fsp3) is 0.125. The first-order chi connectivity index (χ1) is 11.1. The summed E-state index contributed by atoms with van der Waals surface area (Å²) < 4.78 is 0. The van der Waals surface area contributed by atoms with Gasteiger partial charge < -0.3 is 5.73 Å². The molecule has 2 aromatic carbocycles. The molecule has 118 valence electrons. The Labute approximate surface area is 133 Å². The summed E-state index contributed by atoms with van der Waals surface area (Å²) in [7, 11) is 0. The molecule has 0 aromatic heterocycles. The molecule has 0 heterocycles. The zero-order chi connectivity index (χ0) is 16.5. The molecule has 0 aliphatic rings. The Morgan fingerprint density at radius 1 is 1.17 bits per heavy atom. The van der Waals surface area contributed by atoms with E-state index in [0.717, 1.165) is 12.0 Å². The van der Waals surface area contributed by atoms with Crippen molar-refractivity contribution in [3.8, 4) is 0 Å². The molecule has 0 aliphatic carbocycles. The minimum Gasteiger partial charge on any atom is -0.369 e. The second kappa shape index (κ2) is 8.28. The highest BCUT2D eigenvalue weighted by Crippen LogP contribution is 2.10. The number of nitrogens with zero attached hydrogens (tertiary/aromatic N) is 3. The second-order valence-corrected chi connectivity index (χ2v) is 4.72. The van der Waals surface area contributed by atoms with E-state index in [2.05, 4.69) is 15.5 Å². The Morgan fingerprint density at radius 2 is 1.87 bits per heavy atom. The molecule has 0 fully saturated rings. The molecule has 0 saturated heterocycles. The van der Waals surface area contributed by atoms with Crippen molar-refractivity contribution in [2.24, 2.45) is 15.8 Å². The van der Waals surface area contributed by atoms with Crippen molar-refractivity contribution in [1.29, 1.82) is 0 Å². The van der Waals surface area contributed by atoms with Crippen molar-refractivity contribution in [1.82, 2.24) is 5.43 Å². The average molecular weight is 311 g/mol. The van der Waals surface area contributed by atoms with Crippen LogP contribution in [0.15, 0.2) is 64.7 Å². The lowest BCUT2D eigenvalue weighted by molar-refractivity contribution is -0.384. The lowest BCUT2D eigenvalue weighted by atomic mass is 10.2. The van der Waals surface area contributed by atoms with Gasteiger partial charge in [-0.15, -0.1) is 0 Å². The first kappa shape index (κ1) is 16.2. The number of guanidine groups is 1. The lowest BCUT2D eigenvalue weighted by Crippen LogP contribution is -2.27. The average Bonchev–Trinajstić information content (AvgIpc) is 2.56. The van der Waals surface area contributed by atoms with Gasteiger partial charge in [0.15, 0.2) is 0 Å². The first-order valence-electron chi connectivity index (χ1n) is 7.02. The predicted molar refractivity (Wildman–Crippen MR) is 90.5 cm³/mol. The van der Waals surface area contributed by atoms with Gasteiger partial charge in [0.05, 0.1) is 11.1 Å². The standard InChI is InChI=1S/C16H17N5O2/c17-16(18-11-10-13-4-2-1-3-5-13)20-19-12-14-6-8-15(9-7-14)21(22)23/h1-9,12H,10-11H2,(H3,17,18,20). The van der Waals surface area contributed by atoms with Gasteiger partial charge in [-0.1, -0.05) is 30.3 Å². The van der Waals surface area contributed by atoms with E-state index >= 15 is 0 Å². The maximum Gasteiger partial charge on any atom is 0.269 e. The van der Waals surface area contributed by atoms with Gasteiger partial charge in [0.25, 0.3) is 5.69 Å². The van der Waals surface area contributed by atoms with Crippen molar-refractivity contribution in [2.75, 3.05) is 6.54 Å². The van der Waals surface area contributed by atoms with E-state index in [9.17, 15) is 10.1 Å². The van der Waals surface area contributed by atoms with Crippen LogP contribution in [0.25, 0.3) is 0 Å². The molecule has 0 atom stereocenters. The number of non-ortho nitro benzene ring substituents is 1. The minimum atomic E-state index is -0.448. The second-order valence-electron chi connectivity index (χ2n) is 4.72. The summed E-state index contributed by atoms with van der Waals surface area (Å²) in [6, 6.07) is 16.0. The lowest BCUT2D eigenvalue weighted by Gasteiger charge is -2.00. The van der Waals surface area contributed by atoms with Crippen molar-refractivity contribution >= 4 is 17.9 Å². The van der Waals surface area contributed by atoms with E-state index in [1.807, 2.05) is 30.3 Å². The Kier molecular flexibility index (Phi) is 5.81. The summed E-state index contributed by atoms with van der Waals surface area (Å²) in [5, 5.41) is 14.5. The largest absolute Gasteiger partial charge is 0.369 e. The Morgan fingerprint density at radius 3 is 2.52 bits per heavy atom. The molecule has 23 heavy (non-hydrogen) atoms. The highest BCUT2D eigenvalue weighted by molar-refractivity contribution is 5.83. The van der Waals surface area contributed by atoms with Crippen LogP contribution in [0.3, 0.4) is 0 Å². The van der Waals surface area contributed by atoms with E-state index in [1.165, 1.54) is 23.9 Å². The number of hydrazone groups is 1. The monoisotopic (exact) mass is 311 g/mol. The van der Waals surface area contributed by atoms with Crippen molar-refractivity contribution in [3.63, 3.8) is 0 Å². The zero-order valence-corrected chi connectivity index (χ0v) is 12.4.